The van der Waals surface area contributed by atoms with Crippen molar-refractivity contribution in [3.63, 3.8) is 0 Å². The minimum absolute atomic E-state index is 0.0441. The number of carbonyl (C=O) groups excluding carboxylic acids is 3. The lowest BCUT2D eigenvalue weighted by molar-refractivity contribution is -0.160. The molecule has 1 fully saturated rings. The summed E-state index contributed by atoms with van der Waals surface area (Å²) in [5, 5.41) is 68.2. The molecule has 1 amide bonds. The quantitative estimate of drug-likeness (QED) is 0.0766. The number of aliphatic hydroxyl groups excluding tert-OH is 2. The second kappa shape index (κ2) is 18.0. The summed E-state index contributed by atoms with van der Waals surface area (Å²) in [6, 6.07) is 0. The number of fused-ring (bicyclic) bond motifs is 14. The number of nitrogens with one attached hydrogen (secondary N) is 1. The van der Waals surface area contributed by atoms with Gasteiger partial charge in [0.25, 0.3) is 11.7 Å². The lowest BCUT2D eigenvalue weighted by atomic mass is 9.78. The van der Waals surface area contributed by atoms with Crippen LogP contribution in [0.4, 0.5) is 5.69 Å². The van der Waals surface area contributed by atoms with Gasteiger partial charge in [-0.1, -0.05) is 45.9 Å². The van der Waals surface area contributed by atoms with E-state index in [9.17, 15) is 39.9 Å². The van der Waals surface area contributed by atoms with Crippen molar-refractivity contribution in [3.8, 4) is 23.0 Å². The Bertz CT molecular complexity index is 2080. The second-order valence-corrected chi connectivity index (χ2v) is 15.9. The number of phenolic OH excluding ortho intramolecular Hbond substituents is 3. The van der Waals surface area contributed by atoms with Crippen LogP contribution in [0.2, 0.25) is 0 Å². The van der Waals surface area contributed by atoms with Gasteiger partial charge in [0, 0.05) is 74.2 Å². The zero-order chi connectivity index (χ0) is 43.7. The average molecular weight is 824 g/mol. The number of carbonyl (C=O) groups is 3. The number of piperazine rings is 1. The normalized spacial score (nSPS) is 31.2. The van der Waals surface area contributed by atoms with Crippen LogP contribution in [-0.4, -0.2) is 123 Å². The molecule has 0 saturated carbocycles. The van der Waals surface area contributed by atoms with Crippen LogP contribution in [0.15, 0.2) is 41.2 Å². The van der Waals surface area contributed by atoms with E-state index < -0.39 is 88.8 Å². The summed E-state index contributed by atoms with van der Waals surface area (Å²) in [6.07, 6.45) is 4.75. The molecule has 0 aromatic heterocycles. The molecule has 6 rings (SSSR count). The van der Waals surface area contributed by atoms with Crippen LogP contribution in [0.1, 0.15) is 70.0 Å². The first-order valence-corrected chi connectivity index (χ1v) is 19.6. The number of amides is 1. The Hall–Kier alpha value is -5.20. The highest BCUT2D eigenvalue weighted by molar-refractivity contribution is 6.23. The number of phenols is 3. The average Bonchev–Trinajstić information content (AvgIpc) is 3.46. The number of anilines is 1. The van der Waals surface area contributed by atoms with Crippen molar-refractivity contribution < 1.29 is 58.9 Å². The third-order valence-electron chi connectivity index (χ3n) is 11.7. The molecule has 1 saturated heterocycles. The summed E-state index contributed by atoms with van der Waals surface area (Å²) in [6.45, 7) is 14.3. The number of hydrogen-bond donors (Lipinski definition) is 7. The van der Waals surface area contributed by atoms with Crippen LogP contribution in [0, 0.1) is 30.6 Å². The Balaban J connectivity index is 1.70. The smallest absolute Gasteiger partial charge is 0.312 e. The van der Waals surface area contributed by atoms with Crippen LogP contribution >= 0.6 is 0 Å². The van der Waals surface area contributed by atoms with E-state index in [4.69, 9.17) is 24.8 Å². The molecule has 4 aliphatic rings. The van der Waals surface area contributed by atoms with Gasteiger partial charge in [0.15, 0.2) is 5.75 Å². The van der Waals surface area contributed by atoms with Crippen molar-refractivity contribution in [1.82, 2.24) is 10.0 Å². The SMILES string of the molecule is COC1/C=C\OC2(C)Oc3c(C)c(O)c4c(O)c(c(/C=N/N5CCN(N)CC5)c(O)c4c3C2=O)NC(=O)C(C)=C/C=C\C(C)C(O)C(C)C(O)C(C)C(OC(C)=O)C1C. The minimum Gasteiger partial charge on any atom is -0.507 e. The molecule has 0 spiro atoms. The van der Waals surface area contributed by atoms with Crippen molar-refractivity contribution in [3.05, 3.63) is 52.8 Å². The lowest BCUT2D eigenvalue weighted by Gasteiger charge is -2.38. The number of benzene rings is 2. The number of hydrazine groups is 1. The number of Topliss-reactive ketones (excluding diaryl/α,β-unsaturated/α-hetero) is 1. The molecule has 322 valence electrons. The van der Waals surface area contributed by atoms with Gasteiger partial charge in [0.1, 0.15) is 23.4 Å². The maximum atomic E-state index is 14.4. The first kappa shape index (κ1) is 44.9. The molecule has 17 heteroatoms. The van der Waals surface area contributed by atoms with Crippen molar-refractivity contribution in [2.75, 3.05) is 38.6 Å². The number of ether oxygens (including phenoxy) is 4. The van der Waals surface area contributed by atoms with Gasteiger partial charge in [0.2, 0.25) is 0 Å². The van der Waals surface area contributed by atoms with Gasteiger partial charge < -0.3 is 49.8 Å². The highest BCUT2D eigenvalue weighted by atomic mass is 16.7. The molecule has 0 radical (unpaired) electrons. The fraction of sp³-hybridized carbons (Fsp3) is 0.524. The third-order valence-corrected chi connectivity index (χ3v) is 11.7. The summed E-state index contributed by atoms with van der Waals surface area (Å²) in [5.74, 6) is -2.57. The fourth-order valence-corrected chi connectivity index (χ4v) is 7.84. The first-order chi connectivity index (χ1) is 27.7. The largest absolute Gasteiger partial charge is 0.507 e. The Kier molecular flexibility index (Phi) is 13.7. The Morgan fingerprint density at radius 1 is 0.966 bits per heavy atom. The molecule has 9 unspecified atom stereocenters. The van der Waals surface area contributed by atoms with E-state index >= 15 is 0 Å². The number of hydrogen-bond acceptors (Lipinski definition) is 16. The van der Waals surface area contributed by atoms with E-state index in [1.165, 1.54) is 59.4 Å². The number of aromatic hydroxyl groups is 3. The summed E-state index contributed by atoms with van der Waals surface area (Å²) in [5.41, 5.74) is -0.448. The van der Waals surface area contributed by atoms with Gasteiger partial charge in [0.05, 0.1) is 66.1 Å². The first-order valence-electron chi connectivity index (χ1n) is 19.6. The van der Waals surface area contributed by atoms with Crippen molar-refractivity contribution in [1.29, 1.82) is 0 Å². The standard InChI is InChI=1S/C42H57N5O12/c1-20-11-10-12-21(2)41(55)45-32-27(19-44-47-16-14-46(43)15-17-47)36(52)29-30(37(32)53)35(51)25(6)39-31(29)40(54)42(8,59-39)57-18-13-28(56-9)22(3)38(58-26(7)48)24(5)34(50)23(4)33(20)49/h10-13,18-20,22-24,28,33-34,38,49-53H,14-17,43H2,1-9H3,(H,45,55)/b11-10-,18-13-,21-12?,44-19+. The van der Waals surface area contributed by atoms with Crippen LogP contribution < -0.4 is 15.9 Å². The van der Waals surface area contributed by atoms with E-state index in [2.05, 4.69) is 10.4 Å². The molecule has 17 nitrogen and oxygen atoms in total. The molecule has 9 atom stereocenters. The maximum absolute atomic E-state index is 14.4. The van der Waals surface area contributed by atoms with Crippen LogP contribution in [0.3, 0.4) is 0 Å². The number of methoxy groups -OCH3 is 1. The number of allylic oxidation sites excluding steroid dienone is 2. The van der Waals surface area contributed by atoms with E-state index in [1.54, 1.807) is 49.9 Å². The van der Waals surface area contributed by atoms with E-state index in [0.29, 0.717) is 26.2 Å². The molecule has 2 aromatic carbocycles. The number of ketones is 1. The van der Waals surface area contributed by atoms with Gasteiger partial charge in [-0.3, -0.25) is 25.2 Å². The van der Waals surface area contributed by atoms with Gasteiger partial charge in [-0.25, -0.2) is 5.01 Å². The van der Waals surface area contributed by atoms with Crippen molar-refractivity contribution >= 4 is 40.3 Å². The topological polar surface area (TPSA) is 246 Å². The lowest BCUT2D eigenvalue weighted by Crippen LogP contribution is -2.47. The molecular formula is C42H57N5O12. The Labute approximate surface area is 343 Å². The second-order valence-electron chi connectivity index (χ2n) is 15.9. The molecular weight excluding hydrogens is 766 g/mol. The highest BCUT2D eigenvalue weighted by Gasteiger charge is 2.50. The van der Waals surface area contributed by atoms with E-state index in [0.717, 1.165) is 0 Å². The van der Waals surface area contributed by atoms with Crippen LogP contribution in [-0.2, 0) is 23.8 Å². The van der Waals surface area contributed by atoms with Crippen molar-refractivity contribution in [2.45, 2.75) is 85.6 Å². The highest BCUT2D eigenvalue weighted by Crippen LogP contribution is 2.55. The van der Waals surface area contributed by atoms with Crippen molar-refractivity contribution in [2.24, 2.45) is 34.6 Å². The van der Waals surface area contributed by atoms with Crippen LogP contribution in [0.25, 0.3) is 10.8 Å². The summed E-state index contributed by atoms with van der Waals surface area (Å²) in [4.78, 5) is 40.5. The molecule has 59 heavy (non-hydrogen) atoms. The zero-order valence-electron chi connectivity index (χ0n) is 34.9. The predicted octanol–water partition coefficient (Wildman–Crippen LogP) is 3.58. The molecule has 4 heterocycles. The van der Waals surface area contributed by atoms with Gasteiger partial charge >= 0.3 is 11.8 Å². The Morgan fingerprint density at radius 2 is 1.63 bits per heavy atom. The zero-order valence-corrected chi connectivity index (χ0v) is 34.9. The molecule has 8 N–H and O–H groups in total. The monoisotopic (exact) mass is 823 g/mol. The molecule has 5 bridgehead atoms. The maximum Gasteiger partial charge on any atom is 0.312 e. The number of nitrogens with zero attached hydrogens (tertiary/aromatic N) is 3. The Morgan fingerprint density at radius 3 is 2.25 bits per heavy atom. The fourth-order valence-electron chi connectivity index (χ4n) is 7.84. The molecule has 2 aromatic rings. The van der Waals surface area contributed by atoms with E-state index in [-0.39, 0.29) is 44.5 Å². The molecule has 0 aliphatic carbocycles. The number of rotatable bonds is 4. The molecule has 4 aliphatic heterocycles. The summed E-state index contributed by atoms with van der Waals surface area (Å²) < 4.78 is 23.6. The van der Waals surface area contributed by atoms with Gasteiger partial charge in [-0.05, 0) is 19.9 Å². The number of nitrogens with two attached hydrogens (primary N) is 1. The van der Waals surface area contributed by atoms with Gasteiger partial charge in [-0.15, -0.1) is 0 Å². The number of hydrazone groups is 1. The van der Waals surface area contributed by atoms with E-state index in [1.807, 2.05) is 0 Å². The van der Waals surface area contributed by atoms with Gasteiger partial charge in [-0.2, -0.15) is 5.10 Å². The summed E-state index contributed by atoms with van der Waals surface area (Å²) >= 11 is 0. The minimum atomic E-state index is -2.05. The predicted molar refractivity (Wildman–Crippen MR) is 219 cm³/mol. The third kappa shape index (κ3) is 8.89. The number of aliphatic hydroxyl groups is 2. The van der Waals surface area contributed by atoms with Crippen LogP contribution in [0.5, 0.6) is 23.0 Å². The number of esters is 1. The summed E-state index contributed by atoms with van der Waals surface area (Å²) in [7, 11) is 1.43.